The molecule has 0 aliphatic heterocycles. The molecule has 5 nitrogen and oxygen atoms in total. The van der Waals surface area contributed by atoms with Gasteiger partial charge in [-0.1, -0.05) is 30.3 Å². The van der Waals surface area contributed by atoms with E-state index in [9.17, 15) is 9.59 Å². The molecule has 0 heterocycles. The first kappa shape index (κ1) is 19.5. The fourth-order valence-electron chi connectivity index (χ4n) is 2.80. The van der Waals surface area contributed by atoms with Crippen LogP contribution in [0.15, 0.2) is 48.5 Å². The van der Waals surface area contributed by atoms with Gasteiger partial charge < -0.3 is 15.5 Å². The number of aryl methyl sites for hydroxylation is 1. The SMILES string of the molecule is CCN(CC)c1ccc(NC(=O)C(=O)NCCc2ccccc2)c(C)c1. The Hall–Kier alpha value is -2.82. The lowest BCUT2D eigenvalue weighted by Gasteiger charge is -2.22. The molecule has 0 fully saturated rings. The van der Waals surface area contributed by atoms with Gasteiger partial charge in [0.15, 0.2) is 0 Å². The zero-order chi connectivity index (χ0) is 18.9. The number of benzene rings is 2. The molecule has 0 saturated carbocycles. The summed E-state index contributed by atoms with van der Waals surface area (Å²) in [5.41, 5.74) is 3.82. The molecule has 0 unspecified atom stereocenters. The molecule has 0 radical (unpaired) electrons. The molecule has 0 aliphatic carbocycles. The lowest BCUT2D eigenvalue weighted by Crippen LogP contribution is -2.36. The Bertz CT molecular complexity index is 740. The van der Waals surface area contributed by atoms with E-state index in [0.717, 1.165) is 29.9 Å². The summed E-state index contributed by atoms with van der Waals surface area (Å²) in [5, 5.41) is 5.35. The van der Waals surface area contributed by atoms with E-state index in [1.54, 1.807) is 0 Å². The number of nitrogens with one attached hydrogen (secondary N) is 2. The first-order valence-corrected chi connectivity index (χ1v) is 9.03. The van der Waals surface area contributed by atoms with Gasteiger partial charge in [-0.25, -0.2) is 0 Å². The van der Waals surface area contributed by atoms with Gasteiger partial charge in [-0.3, -0.25) is 9.59 Å². The van der Waals surface area contributed by atoms with Crippen LogP contribution in [-0.4, -0.2) is 31.4 Å². The Morgan fingerprint density at radius 2 is 1.65 bits per heavy atom. The molecule has 0 aromatic heterocycles. The van der Waals surface area contributed by atoms with E-state index in [1.807, 2.05) is 55.5 Å². The van der Waals surface area contributed by atoms with Gasteiger partial charge in [0.05, 0.1) is 0 Å². The van der Waals surface area contributed by atoms with Gasteiger partial charge in [0, 0.05) is 31.0 Å². The van der Waals surface area contributed by atoms with Crippen LogP contribution in [0.4, 0.5) is 11.4 Å². The number of carbonyl (C=O) groups is 2. The number of hydrogen-bond acceptors (Lipinski definition) is 3. The van der Waals surface area contributed by atoms with Crippen molar-refractivity contribution in [3.8, 4) is 0 Å². The summed E-state index contributed by atoms with van der Waals surface area (Å²) in [7, 11) is 0. The predicted octanol–water partition coefficient (Wildman–Crippen LogP) is 3.14. The van der Waals surface area contributed by atoms with Gasteiger partial charge in [-0.2, -0.15) is 0 Å². The standard InChI is InChI=1S/C21H27N3O2/c1-4-24(5-2)18-11-12-19(16(3)15-18)23-21(26)20(25)22-14-13-17-9-7-6-8-10-17/h6-12,15H,4-5,13-14H2,1-3H3,(H,22,25)(H,23,26). The molecule has 2 N–H and O–H groups in total. The second kappa shape index (κ2) is 9.61. The van der Waals surface area contributed by atoms with Crippen molar-refractivity contribution < 1.29 is 9.59 Å². The first-order chi connectivity index (χ1) is 12.5. The quantitative estimate of drug-likeness (QED) is 0.752. The van der Waals surface area contributed by atoms with Gasteiger partial charge in [-0.15, -0.1) is 0 Å². The minimum Gasteiger partial charge on any atom is -0.372 e. The maximum Gasteiger partial charge on any atom is 0.313 e. The van der Waals surface area contributed by atoms with Crippen molar-refractivity contribution in [2.45, 2.75) is 27.2 Å². The Morgan fingerprint density at radius 3 is 2.27 bits per heavy atom. The van der Waals surface area contributed by atoms with E-state index in [4.69, 9.17) is 0 Å². The Kier molecular flexibility index (Phi) is 7.21. The minimum atomic E-state index is -0.642. The van der Waals surface area contributed by atoms with Gasteiger partial charge in [0.25, 0.3) is 0 Å². The van der Waals surface area contributed by atoms with Crippen LogP contribution >= 0.6 is 0 Å². The normalized spacial score (nSPS) is 10.3. The van der Waals surface area contributed by atoms with Gasteiger partial charge in [-0.05, 0) is 56.5 Å². The first-order valence-electron chi connectivity index (χ1n) is 9.03. The zero-order valence-electron chi connectivity index (χ0n) is 15.7. The average Bonchev–Trinajstić information content (AvgIpc) is 2.65. The van der Waals surface area contributed by atoms with Crippen molar-refractivity contribution >= 4 is 23.2 Å². The van der Waals surface area contributed by atoms with E-state index < -0.39 is 11.8 Å². The van der Waals surface area contributed by atoms with Crippen LogP contribution in [0, 0.1) is 6.92 Å². The third kappa shape index (κ3) is 5.34. The lowest BCUT2D eigenvalue weighted by atomic mass is 10.1. The van der Waals surface area contributed by atoms with Crippen molar-refractivity contribution in [2.75, 3.05) is 29.9 Å². The molecule has 26 heavy (non-hydrogen) atoms. The number of carbonyl (C=O) groups excluding carboxylic acids is 2. The van der Waals surface area contributed by atoms with Crippen LogP contribution in [0.5, 0.6) is 0 Å². The molecule has 5 heteroatoms. The Labute approximate surface area is 155 Å². The summed E-state index contributed by atoms with van der Waals surface area (Å²) in [4.78, 5) is 26.3. The smallest absolute Gasteiger partial charge is 0.313 e. The molecular weight excluding hydrogens is 326 g/mol. The van der Waals surface area contributed by atoms with Crippen LogP contribution in [0.2, 0.25) is 0 Å². The average molecular weight is 353 g/mol. The van der Waals surface area contributed by atoms with Gasteiger partial charge in [0.1, 0.15) is 0 Å². The molecule has 0 atom stereocenters. The molecule has 0 spiro atoms. The highest BCUT2D eigenvalue weighted by atomic mass is 16.2. The van der Waals surface area contributed by atoms with E-state index in [1.165, 1.54) is 0 Å². The molecule has 0 aliphatic rings. The van der Waals surface area contributed by atoms with Crippen LogP contribution < -0.4 is 15.5 Å². The summed E-state index contributed by atoms with van der Waals surface area (Å²) in [6, 6.07) is 15.7. The minimum absolute atomic E-state index is 0.427. The summed E-state index contributed by atoms with van der Waals surface area (Å²) >= 11 is 0. The Morgan fingerprint density at radius 1 is 0.962 bits per heavy atom. The van der Waals surface area contributed by atoms with Crippen LogP contribution in [0.1, 0.15) is 25.0 Å². The number of hydrogen-bond donors (Lipinski definition) is 2. The number of amides is 2. The third-order valence-corrected chi connectivity index (χ3v) is 4.34. The number of rotatable bonds is 7. The van der Waals surface area contributed by atoms with Crippen LogP contribution in [0.3, 0.4) is 0 Å². The fraction of sp³-hybridized carbons (Fsp3) is 0.333. The van der Waals surface area contributed by atoms with Crippen molar-refractivity contribution in [3.63, 3.8) is 0 Å². The maximum atomic E-state index is 12.1. The molecule has 2 rings (SSSR count). The summed E-state index contributed by atoms with van der Waals surface area (Å²) in [6.45, 7) is 8.41. The monoisotopic (exact) mass is 353 g/mol. The topological polar surface area (TPSA) is 61.4 Å². The molecule has 2 aromatic rings. The zero-order valence-corrected chi connectivity index (χ0v) is 15.7. The maximum absolute atomic E-state index is 12.1. The highest BCUT2D eigenvalue weighted by Crippen LogP contribution is 2.22. The second-order valence-electron chi connectivity index (χ2n) is 6.12. The van der Waals surface area contributed by atoms with Gasteiger partial charge >= 0.3 is 11.8 Å². The second-order valence-corrected chi connectivity index (χ2v) is 6.12. The van der Waals surface area contributed by atoms with E-state index >= 15 is 0 Å². The van der Waals surface area contributed by atoms with Crippen LogP contribution in [0.25, 0.3) is 0 Å². The highest BCUT2D eigenvalue weighted by molar-refractivity contribution is 6.39. The fourth-order valence-corrected chi connectivity index (χ4v) is 2.80. The van der Waals surface area contributed by atoms with E-state index in [0.29, 0.717) is 18.7 Å². The van der Waals surface area contributed by atoms with E-state index in [-0.39, 0.29) is 0 Å². The lowest BCUT2D eigenvalue weighted by molar-refractivity contribution is -0.136. The largest absolute Gasteiger partial charge is 0.372 e. The molecule has 0 bridgehead atoms. The third-order valence-electron chi connectivity index (χ3n) is 4.34. The number of nitrogens with zero attached hydrogens (tertiary/aromatic N) is 1. The number of anilines is 2. The molecule has 2 aromatic carbocycles. The Balaban J connectivity index is 1.89. The molecular formula is C21H27N3O2. The molecule has 2 amide bonds. The van der Waals surface area contributed by atoms with Crippen molar-refractivity contribution in [1.82, 2.24) is 5.32 Å². The summed E-state index contributed by atoms with van der Waals surface area (Å²) in [5.74, 6) is -1.26. The summed E-state index contributed by atoms with van der Waals surface area (Å²) < 4.78 is 0. The summed E-state index contributed by atoms with van der Waals surface area (Å²) in [6.07, 6.45) is 0.692. The van der Waals surface area contributed by atoms with Crippen LogP contribution in [-0.2, 0) is 16.0 Å². The van der Waals surface area contributed by atoms with E-state index in [2.05, 4.69) is 29.4 Å². The van der Waals surface area contributed by atoms with Crippen molar-refractivity contribution in [3.05, 3.63) is 59.7 Å². The van der Waals surface area contributed by atoms with Crippen molar-refractivity contribution in [1.29, 1.82) is 0 Å². The molecule has 138 valence electrons. The van der Waals surface area contributed by atoms with Crippen molar-refractivity contribution in [2.24, 2.45) is 0 Å². The molecule has 0 saturated heterocycles. The van der Waals surface area contributed by atoms with Gasteiger partial charge in [0.2, 0.25) is 0 Å². The highest BCUT2D eigenvalue weighted by Gasteiger charge is 2.14. The predicted molar refractivity (Wildman–Crippen MR) is 107 cm³/mol.